The van der Waals surface area contributed by atoms with E-state index in [4.69, 9.17) is 19.7 Å². The van der Waals surface area contributed by atoms with Crippen LogP contribution in [0.15, 0.2) is 22.7 Å². The highest BCUT2D eigenvalue weighted by Gasteiger charge is 2.14. The number of nitrogens with zero attached hydrogens (tertiary/aromatic N) is 1. The first kappa shape index (κ1) is 11.1. The van der Waals surface area contributed by atoms with Crippen molar-refractivity contribution in [3.8, 4) is 28.6 Å². The second kappa shape index (κ2) is 4.25. The van der Waals surface area contributed by atoms with Crippen molar-refractivity contribution in [2.24, 2.45) is 0 Å². The Bertz CT molecular complexity index is 511. The number of aromatic hydroxyl groups is 1. The minimum absolute atomic E-state index is 0.0637. The third-order valence-corrected chi connectivity index (χ3v) is 2.29. The minimum atomic E-state index is -0.0637. The number of methoxy groups -OCH3 is 2. The van der Waals surface area contributed by atoms with E-state index in [1.165, 1.54) is 14.2 Å². The molecule has 0 radical (unpaired) electrons. The van der Waals surface area contributed by atoms with Gasteiger partial charge in [0.1, 0.15) is 0 Å². The Morgan fingerprint density at radius 3 is 2.18 bits per heavy atom. The van der Waals surface area contributed by atoms with Gasteiger partial charge in [-0.15, -0.1) is 0 Å². The predicted octanol–water partition coefficient (Wildman–Crippen LogP) is 1.65. The van der Waals surface area contributed by atoms with Crippen molar-refractivity contribution in [1.29, 1.82) is 0 Å². The summed E-state index contributed by atoms with van der Waals surface area (Å²) in [5.74, 6) is 1.26. The third kappa shape index (κ3) is 1.96. The van der Waals surface area contributed by atoms with Gasteiger partial charge in [0.25, 0.3) is 0 Å². The molecule has 0 saturated carbocycles. The van der Waals surface area contributed by atoms with Gasteiger partial charge in [-0.3, -0.25) is 0 Å². The fourth-order valence-corrected chi connectivity index (χ4v) is 1.46. The average Bonchev–Trinajstić information content (AvgIpc) is 2.76. The van der Waals surface area contributed by atoms with Crippen LogP contribution in [0.4, 0.5) is 5.82 Å². The molecule has 3 N–H and O–H groups in total. The summed E-state index contributed by atoms with van der Waals surface area (Å²) < 4.78 is 15.1. The van der Waals surface area contributed by atoms with Crippen LogP contribution in [0.3, 0.4) is 0 Å². The Balaban J connectivity index is 2.55. The molecule has 0 saturated heterocycles. The molecule has 0 bridgehead atoms. The molecular weight excluding hydrogens is 224 g/mol. The van der Waals surface area contributed by atoms with Crippen molar-refractivity contribution >= 4 is 5.82 Å². The SMILES string of the molecule is COc1cc(-c2cc(N)no2)cc(OC)c1O. The van der Waals surface area contributed by atoms with Crippen LogP contribution in [0.1, 0.15) is 0 Å². The monoisotopic (exact) mass is 236 g/mol. The Labute approximate surface area is 97.5 Å². The van der Waals surface area contributed by atoms with E-state index in [0.29, 0.717) is 11.3 Å². The predicted molar refractivity (Wildman–Crippen MR) is 61.1 cm³/mol. The summed E-state index contributed by atoms with van der Waals surface area (Å²) in [6, 6.07) is 4.79. The summed E-state index contributed by atoms with van der Waals surface area (Å²) in [5.41, 5.74) is 6.12. The highest BCUT2D eigenvalue weighted by Crippen LogP contribution is 2.40. The van der Waals surface area contributed by atoms with Gasteiger partial charge < -0.3 is 24.8 Å². The number of aromatic nitrogens is 1. The van der Waals surface area contributed by atoms with Crippen LogP contribution >= 0.6 is 0 Å². The molecule has 0 atom stereocenters. The molecule has 6 nitrogen and oxygen atoms in total. The maximum absolute atomic E-state index is 9.74. The second-order valence-corrected chi connectivity index (χ2v) is 3.35. The standard InChI is InChI=1S/C11H12N2O4/c1-15-8-3-6(4-9(16-2)11(8)14)7-5-10(12)13-17-7/h3-5,14H,1-2H3,(H2,12,13). The number of nitrogen functional groups attached to an aromatic ring is 1. The maximum Gasteiger partial charge on any atom is 0.200 e. The van der Waals surface area contributed by atoms with E-state index in [-0.39, 0.29) is 23.1 Å². The van der Waals surface area contributed by atoms with E-state index in [9.17, 15) is 5.11 Å². The van der Waals surface area contributed by atoms with Crippen LogP contribution < -0.4 is 15.2 Å². The number of phenolic OH excluding ortho intramolecular Hbond substituents is 1. The number of rotatable bonds is 3. The van der Waals surface area contributed by atoms with Gasteiger partial charge in [0.15, 0.2) is 23.1 Å². The summed E-state index contributed by atoms with van der Waals surface area (Å²) in [6.45, 7) is 0. The van der Waals surface area contributed by atoms with Crippen LogP contribution in [0, 0.1) is 0 Å². The molecule has 0 aliphatic carbocycles. The van der Waals surface area contributed by atoms with Gasteiger partial charge in [-0.25, -0.2) is 0 Å². The number of ether oxygens (including phenoxy) is 2. The highest BCUT2D eigenvalue weighted by atomic mass is 16.5. The number of nitrogens with two attached hydrogens (primary N) is 1. The quantitative estimate of drug-likeness (QED) is 0.841. The van der Waals surface area contributed by atoms with Crippen molar-refractivity contribution in [3.63, 3.8) is 0 Å². The first-order valence-electron chi connectivity index (χ1n) is 4.83. The van der Waals surface area contributed by atoms with E-state index in [0.717, 1.165) is 0 Å². The Kier molecular flexibility index (Phi) is 2.78. The molecule has 2 aromatic rings. The lowest BCUT2D eigenvalue weighted by atomic mass is 10.1. The molecule has 0 amide bonds. The summed E-state index contributed by atoms with van der Waals surface area (Å²) in [6.07, 6.45) is 0. The van der Waals surface area contributed by atoms with Crippen LogP contribution in [0.25, 0.3) is 11.3 Å². The zero-order valence-electron chi connectivity index (χ0n) is 9.43. The van der Waals surface area contributed by atoms with Crippen LogP contribution in [-0.2, 0) is 0 Å². The molecule has 0 fully saturated rings. The van der Waals surface area contributed by atoms with Crippen LogP contribution in [0.2, 0.25) is 0 Å². The molecule has 0 unspecified atom stereocenters. The van der Waals surface area contributed by atoms with Crippen molar-refractivity contribution in [3.05, 3.63) is 18.2 Å². The van der Waals surface area contributed by atoms with Gasteiger partial charge in [-0.2, -0.15) is 0 Å². The van der Waals surface area contributed by atoms with Gasteiger partial charge in [-0.05, 0) is 12.1 Å². The Hall–Kier alpha value is -2.37. The highest BCUT2D eigenvalue weighted by molar-refractivity contribution is 5.68. The lowest BCUT2D eigenvalue weighted by Crippen LogP contribution is -1.90. The normalized spacial score (nSPS) is 10.2. The van der Waals surface area contributed by atoms with E-state index in [1.54, 1.807) is 18.2 Å². The molecule has 1 heterocycles. The zero-order chi connectivity index (χ0) is 12.4. The molecule has 1 aromatic heterocycles. The van der Waals surface area contributed by atoms with E-state index < -0.39 is 0 Å². The van der Waals surface area contributed by atoms with E-state index >= 15 is 0 Å². The first-order valence-corrected chi connectivity index (χ1v) is 4.83. The van der Waals surface area contributed by atoms with E-state index in [1.807, 2.05) is 0 Å². The average molecular weight is 236 g/mol. The topological polar surface area (TPSA) is 90.7 Å². The number of phenols is 1. The number of benzene rings is 1. The Morgan fingerprint density at radius 2 is 1.76 bits per heavy atom. The number of hydrogen-bond donors (Lipinski definition) is 2. The van der Waals surface area contributed by atoms with Crippen molar-refractivity contribution in [1.82, 2.24) is 5.16 Å². The summed E-state index contributed by atoms with van der Waals surface area (Å²) in [4.78, 5) is 0. The van der Waals surface area contributed by atoms with Gasteiger partial charge in [-0.1, -0.05) is 5.16 Å². The fraction of sp³-hybridized carbons (Fsp3) is 0.182. The molecule has 6 heteroatoms. The van der Waals surface area contributed by atoms with Crippen molar-refractivity contribution < 1.29 is 19.1 Å². The summed E-state index contributed by atoms with van der Waals surface area (Å²) in [5, 5.41) is 13.3. The molecule has 0 aliphatic rings. The minimum Gasteiger partial charge on any atom is -0.502 e. The molecule has 2 rings (SSSR count). The lowest BCUT2D eigenvalue weighted by Gasteiger charge is -2.09. The largest absolute Gasteiger partial charge is 0.502 e. The van der Waals surface area contributed by atoms with Crippen LogP contribution in [0.5, 0.6) is 17.2 Å². The van der Waals surface area contributed by atoms with E-state index in [2.05, 4.69) is 5.16 Å². The third-order valence-electron chi connectivity index (χ3n) is 2.29. The molecule has 1 aromatic carbocycles. The van der Waals surface area contributed by atoms with Gasteiger partial charge >= 0.3 is 0 Å². The van der Waals surface area contributed by atoms with Crippen molar-refractivity contribution in [2.45, 2.75) is 0 Å². The number of hydrogen-bond acceptors (Lipinski definition) is 6. The van der Waals surface area contributed by atoms with Crippen molar-refractivity contribution in [2.75, 3.05) is 20.0 Å². The molecule has 0 aliphatic heterocycles. The molecule has 17 heavy (non-hydrogen) atoms. The fourth-order valence-electron chi connectivity index (χ4n) is 1.46. The molecule has 90 valence electrons. The maximum atomic E-state index is 9.74. The van der Waals surface area contributed by atoms with Gasteiger partial charge in [0.05, 0.1) is 14.2 Å². The molecule has 0 spiro atoms. The number of anilines is 1. The molecular formula is C11H12N2O4. The van der Waals surface area contributed by atoms with Crippen LogP contribution in [-0.4, -0.2) is 24.5 Å². The summed E-state index contributed by atoms with van der Waals surface area (Å²) in [7, 11) is 2.90. The smallest absolute Gasteiger partial charge is 0.200 e. The second-order valence-electron chi connectivity index (χ2n) is 3.35. The lowest BCUT2D eigenvalue weighted by molar-refractivity contribution is 0.340. The first-order chi connectivity index (χ1) is 8.15. The Morgan fingerprint density at radius 1 is 1.18 bits per heavy atom. The zero-order valence-corrected chi connectivity index (χ0v) is 9.43. The van der Waals surface area contributed by atoms with Gasteiger partial charge in [0.2, 0.25) is 5.75 Å². The van der Waals surface area contributed by atoms with Gasteiger partial charge in [0, 0.05) is 11.6 Å². The summed E-state index contributed by atoms with van der Waals surface area (Å²) >= 11 is 0.